The molecule has 0 aliphatic rings. The first-order chi connectivity index (χ1) is 7.00. The van der Waals surface area contributed by atoms with Crippen molar-refractivity contribution in [2.75, 3.05) is 12.3 Å². The highest BCUT2D eigenvalue weighted by molar-refractivity contribution is 7.17. The summed E-state index contributed by atoms with van der Waals surface area (Å²) in [7, 11) is 0. The highest BCUT2D eigenvalue weighted by atomic mass is 32.1. The lowest BCUT2D eigenvalue weighted by Crippen LogP contribution is -2.27. The van der Waals surface area contributed by atoms with E-state index in [1.165, 1.54) is 0 Å². The van der Waals surface area contributed by atoms with Gasteiger partial charge >= 0.3 is 0 Å². The lowest BCUT2D eigenvalue weighted by molar-refractivity contribution is -0.117. The van der Waals surface area contributed by atoms with Crippen molar-refractivity contribution < 1.29 is 9.59 Å². The molecule has 2 amide bonds. The summed E-state index contributed by atoms with van der Waals surface area (Å²) >= 11 is 1.12. The highest BCUT2D eigenvalue weighted by Gasteiger charge is 2.13. The monoisotopic (exact) mass is 228 g/mol. The Kier molecular flexibility index (Phi) is 3.62. The van der Waals surface area contributed by atoms with Gasteiger partial charge in [0.2, 0.25) is 5.91 Å². The van der Waals surface area contributed by atoms with Gasteiger partial charge in [-0.3, -0.25) is 9.59 Å². The Balaban J connectivity index is 2.54. The van der Waals surface area contributed by atoms with Gasteiger partial charge in [-0.25, -0.2) is 4.98 Å². The van der Waals surface area contributed by atoms with E-state index in [-0.39, 0.29) is 18.9 Å². The van der Waals surface area contributed by atoms with E-state index in [9.17, 15) is 9.59 Å². The van der Waals surface area contributed by atoms with Crippen molar-refractivity contribution in [2.45, 2.75) is 13.3 Å². The maximum Gasteiger partial charge on any atom is 0.263 e. The fraction of sp³-hybridized carbons (Fsp3) is 0.375. The molecule has 0 saturated carbocycles. The number of nitrogens with one attached hydrogen (secondary N) is 1. The molecule has 6 nitrogen and oxygen atoms in total. The summed E-state index contributed by atoms with van der Waals surface area (Å²) in [6.45, 7) is 1.93. The Morgan fingerprint density at radius 3 is 2.67 bits per heavy atom. The van der Waals surface area contributed by atoms with E-state index in [1.807, 2.05) is 0 Å². The summed E-state index contributed by atoms with van der Waals surface area (Å²) in [5.74, 6) is -0.723. The van der Waals surface area contributed by atoms with Crippen LogP contribution in [0.5, 0.6) is 0 Å². The van der Waals surface area contributed by atoms with Gasteiger partial charge in [-0.1, -0.05) is 11.3 Å². The smallest absolute Gasteiger partial charge is 0.263 e. The average molecular weight is 228 g/mol. The molecular formula is C8H12N4O2S. The predicted octanol–water partition coefficient (Wildman–Crippen LogP) is -0.361. The molecule has 0 unspecified atom stereocenters. The van der Waals surface area contributed by atoms with Gasteiger partial charge in [0.05, 0.1) is 5.69 Å². The number of nitrogens with zero attached hydrogens (tertiary/aromatic N) is 1. The number of nitrogens with two attached hydrogens (primary N) is 2. The van der Waals surface area contributed by atoms with E-state index in [0.717, 1.165) is 11.3 Å². The normalized spacial score (nSPS) is 9.93. The molecule has 1 heterocycles. The van der Waals surface area contributed by atoms with E-state index in [4.69, 9.17) is 11.5 Å². The Bertz CT molecular complexity index is 388. The van der Waals surface area contributed by atoms with Gasteiger partial charge in [-0.15, -0.1) is 0 Å². The molecule has 0 radical (unpaired) electrons. The quantitative estimate of drug-likeness (QED) is 0.653. The first kappa shape index (κ1) is 11.4. The van der Waals surface area contributed by atoms with Crippen LogP contribution in [0.1, 0.15) is 21.8 Å². The molecule has 0 aromatic carbocycles. The van der Waals surface area contributed by atoms with Gasteiger partial charge in [-0.05, 0) is 6.92 Å². The Morgan fingerprint density at radius 1 is 1.53 bits per heavy atom. The van der Waals surface area contributed by atoms with Crippen LogP contribution in [0.3, 0.4) is 0 Å². The van der Waals surface area contributed by atoms with Crippen LogP contribution in [0.4, 0.5) is 5.13 Å². The van der Waals surface area contributed by atoms with Gasteiger partial charge in [-0.2, -0.15) is 0 Å². The Hall–Kier alpha value is -1.63. The predicted molar refractivity (Wildman–Crippen MR) is 57.4 cm³/mol. The molecule has 0 saturated heterocycles. The zero-order valence-corrected chi connectivity index (χ0v) is 9.06. The van der Waals surface area contributed by atoms with E-state index < -0.39 is 5.91 Å². The summed E-state index contributed by atoms with van der Waals surface area (Å²) in [5, 5.41) is 2.91. The van der Waals surface area contributed by atoms with E-state index in [1.54, 1.807) is 6.92 Å². The van der Waals surface area contributed by atoms with Crippen LogP contribution in [0.2, 0.25) is 0 Å². The second-order valence-corrected chi connectivity index (χ2v) is 3.97. The molecule has 0 fully saturated rings. The lowest BCUT2D eigenvalue weighted by Gasteiger charge is -2.01. The van der Waals surface area contributed by atoms with Crippen LogP contribution in [0, 0.1) is 6.92 Å². The number of aromatic nitrogens is 1. The van der Waals surface area contributed by atoms with Crippen LogP contribution in [-0.2, 0) is 4.79 Å². The number of anilines is 1. The second-order valence-electron chi connectivity index (χ2n) is 2.94. The number of carbonyl (C=O) groups is 2. The van der Waals surface area contributed by atoms with Gasteiger partial charge < -0.3 is 16.8 Å². The number of carbonyl (C=O) groups excluding carboxylic acids is 2. The minimum atomic E-state index is -0.448. The minimum absolute atomic E-state index is 0.124. The van der Waals surface area contributed by atoms with Crippen molar-refractivity contribution in [1.29, 1.82) is 0 Å². The van der Waals surface area contributed by atoms with Crippen molar-refractivity contribution >= 4 is 28.3 Å². The molecule has 0 atom stereocenters. The highest BCUT2D eigenvalue weighted by Crippen LogP contribution is 2.18. The zero-order valence-electron chi connectivity index (χ0n) is 8.24. The molecule has 15 heavy (non-hydrogen) atoms. The number of hydrogen-bond donors (Lipinski definition) is 3. The van der Waals surface area contributed by atoms with Crippen molar-refractivity contribution in [3.05, 3.63) is 10.6 Å². The standard InChI is InChI=1S/C8H12N4O2S/c1-4-6(15-8(10)12-4)7(14)11-3-2-5(9)13/h2-3H2,1H3,(H2,9,13)(H2,10,12)(H,11,14). The number of nitrogen functional groups attached to an aromatic ring is 1. The third-order valence-electron chi connectivity index (χ3n) is 1.68. The summed E-state index contributed by atoms with van der Waals surface area (Å²) in [6, 6.07) is 0. The number of hydrogen-bond acceptors (Lipinski definition) is 5. The van der Waals surface area contributed by atoms with Crippen molar-refractivity contribution in [3.8, 4) is 0 Å². The number of aryl methyl sites for hydroxylation is 1. The summed E-state index contributed by atoms with van der Waals surface area (Å²) < 4.78 is 0. The molecule has 1 rings (SSSR count). The SMILES string of the molecule is Cc1nc(N)sc1C(=O)NCCC(N)=O. The third-order valence-corrected chi connectivity index (χ3v) is 2.66. The second kappa shape index (κ2) is 4.74. The molecule has 0 bridgehead atoms. The van der Waals surface area contributed by atoms with Gasteiger partial charge in [0.15, 0.2) is 5.13 Å². The maximum atomic E-state index is 11.5. The van der Waals surface area contributed by atoms with Gasteiger partial charge in [0.1, 0.15) is 4.88 Å². The number of thiazole rings is 1. The molecule has 1 aromatic rings. The number of primary amides is 1. The molecule has 82 valence electrons. The fourth-order valence-corrected chi connectivity index (χ4v) is 1.76. The van der Waals surface area contributed by atoms with Crippen LogP contribution < -0.4 is 16.8 Å². The van der Waals surface area contributed by atoms with E-state index in [0.29, 0.717) is 15.7 Å². The largest absolute Gasteiger partial charge is 0.375 e. The topological polar surface area (TPSA) is 111 Å². The van der Waals surface area contributed by atoms with Crippen LogP contribution >= 0.6 is 11.3 Å². The van der Waals surface area contributed by atoms with Crippen LogP contribution in [0.25, 0.3) is 0 Å². The molecule has 0 aliphatic heterocycles. The molecule has 5 N–H and O–H groups in total. The van der Waals surface area contributed by atoms with E-state index >= 15 is 0 Å². The van der Waals surface area contributed by atoms with Crippen molar-refractivity contribution in [2.24, 2.45) is 5.73 Å². The summed E-state index contributed by atoms with van der Waals surface area (Å²) in [4.78, 5) is 26.3. The maximum absolute atomic E-state index is 11.5. The van der Waals surface area contributed by atoms with Crippen molar-refractivity contribution in [1.82, 2.24) is 10.3 Å². The van der Waals surface area contributed by atoms with E-state index in [2.05, 4.69) is 10.3 Å². The van der Waals surface area contributed by atoms with Crippen molar-refractivity contribution in [3.63, 3.8) is 0 Å². The Labute approximate surface area is 90.7 Å². The molecule has 0 aliphatic carbocycles. The zero-order chi connectivity index (χ0) is 11.4. The van der Waals surface area contributed by atoms with Crippen LogP contribution in [-0.4, -0.2) is 23.3 Å². The van der Waals surface area contributed by atoms with Gasteiger partial charge in [0, 0.05) is 13.0 Å². The number of amides is 2. The van der Waals surface area contributed by atoms with Crippen LogP contribution in [0.15, 0.2) is 0 Å². The minimum Gasteiger partial charge on any atom is -0.375 e. The first-order valence-corrected chi connectivity index (χ1v) is 5.11. The lowest BCUT2D eigenvalue weighted by atomic mass is 10.3. The third kappa shape index (κ3) is 3.21. The molecule has 1 aromatic heterocycles. The fourth-order valence-electron chi connectivity index (χ4n) is 1.01. The average Bonchev–Trinajstić information content (AvgIpc) is 2.44. The summed E-state index contributed by atoms with van der Waals surface area (Å²) in [6.07, 6.45) is 0.124. The first-order valence-electron chi connectivity index (χ1n) is 4.30. The number of rotatable bonds is 4. The van der Waals surface area contributed by atoms with Gasteiger partial charge in [0.25, 0.3) is 5.91 Å². The molecule has 0 spiro atoms. The molecular weight excluding hydrogens is 216 g/mol. The Morgan fingerprint density at radius 2 is 2.20 bits per heavy atom. The summed E-state index contributed by atoms with van der Waals surface area (Å²) in [5.41, 5.74) is 11.0. The molecule has 7 heteroatoms.